The Morgan fingerprint density at radius 2 is 1.58 bits per heavy atom. The van der Waals surface area contributed by atoms with Gasteiger partial charge in [0.15, 0.2) is 11.5 Å². The average Bonchev–Trinajstić information content (AvgIpc) is 2.44. The number of rotatable bonds is 4. The molecule has 7 heteroatoms. The normalized spacial score (nSPS) is 9.68. The fourth-order valence-corrected chi connectivity index (χ4v) is 1.62. The van der Waals surface area contributed by atoms with Crippen molar-refractivity contribution in [1.29, 1.82) is 0 Å². The van der Waals surface area contributed by atoms with E-state index in [2.05, 4.69) is 9.47 Å². The highest BCUT2D eigenvalue weighted by Gasteiger charge is 2.27. The van der Waals surface area contributed by atoms with E-state index >= 15 is 0 Å². The van der Waals surface area contributed by atoms with Gasteiger partial charge in [0.25, 0.3) is 0 Å². The number of carbonyl (C=O) groups is 2. The van der Waals surface area contributed by atoms with E-state index in [0.717, 1.165) is 0 Å². The van der Waals surface area contributed by atoms with E-state index in [9.17, 15) is 9.59 Å². The minimum absolute atomic E-state index is 0.0471. The van der Waals surface area contributed by atoms with Crippen molar-refractivity contribution < 1.29 is 28.5 Å². The lowest BCUT2D eigenvalue weighted by Gasteiger charge is -2.15. The molecule has 0 heterocycles. The highest BCUT2D eigenvalue weighted by atomic mass is 16.5. The van der Waals surface area contributed by atoms with Crippen molar-refractivity contribution in [2.45, 2.75) is 0 Å². The van der Waals surface area contributed by atoms with Crippen molar-refractivity contribution in [3.63, 3.8) is 0 Å². The fraction of sp³-hybridized carbons (Fsp3) is 0.333. The fourth-order valence-electron chi connectivity index (χ4n) is 1.62. The van der Waals surface area contributed by atoms with Crippen molar-refractivity contribution in [3.05, 3.63) is 17.2 Å². The standard InChI is InChI=1S/C12H15NO6/c1-16-7-5-6(11(14)18-3)8(12(15)19-4)9(13)10(7)17-2/h5H,13H2,1-4H3. The van der Waals surface area contributed by atoms with Gasteiger partial charge in [-0.2, -0.15) is 0 Å². The van der Waals surface area contributed by atoms with Gasteiger partial charge in [0.1, 0.15) is 5.56 Å². The number of hydrogen-bond acceptors (Lipinski definition) is 7. The van der Waals surface area contributed by atoms with Crippen molar-refractivity contribution in [2.75, 3.05) is 34.2 Å². The second kappa shape index (κ2) is 5.94. The zero-order valence-corrected chi connectivity index (χ0v) is 11.1. The Bertz CT molecular complexity index is 511. The first-order chi connectivity index (χ1) is 9.01. The summed E-state index contributed by atoms with van der Waals surface area (Å²) in [4.78, 5) is 23.4. The van der Waals surface area contributed by atoms with Crippen molar-refractivity contribution in [2.24, 2.45) is 0 Å². The summed E-state index contributed by atoms with van der Waals surface area (Å²) in [6.07, 6.45) is 0. The zero-order valence-electron chi connectivity index (χ0n) is 11.1. The number of benzene rings is 1. The van der Waals surface area contributed by atoms with E-state index in [1.54, 1.807) is 0 Å². The lowest BCUT2D eigenvalue weighted by Crippen LogP contribution is -2.15. The molecule has 0 aliphatic rings. The first kappa shape index (κ1) is 14.6. The van der Waals surface area contributed by atoms with Gasteiger partial charge in [-0.1, -0.05) is 0 Å². The van der Waals surface area contributed by atoms with Gasteiger partial charge in [-0.25, -0.2) is 9.59 Å². The largest absolute Gasteiger partial charge is 0.493 e. The molecule has 0 fully saturated rings. The van der Waals surface area contributed by atoms with Crippen molar-refractivity contribution in [1.82, 2.24) is 0 Å². The van der Waals surface area contributed by atoms with Gasteiger partial charge in [0.2, 0.25) is 0 Å². The van der Waals surface area contributed by atoms with Crippen LogP contribution in [-0.4, -0.2) is 40.4 Å². The minimum Gasteiger partial charge on any atom is -0.493 e. The number of nitrogens with two attached hydrogens (primary N) is 1. The molecule has 1 rings (SSSR count). The van der Waals surface area contributed by atoms with Crippen LogP contribution in [-0.2, 0) is 9.47 Å². The van der Waals surface area contributed by atoms with Crippen LogP contribution < -0.4 is 15.2 Å². The van der Waals surface area contributed by atoms with Crippen LogP contribution in [0, 0.1) is 0 Å². The number of esters is 2. The molecule has 19 heavy (non-hydrogen) atoms. The first-order valence-electron chi connectivity index (χ1n) is 5.22. The molecule has 0 saturated heterocycles. The summed E-state index contributed by atoms with van der Waals surface area (Å²) in [5.74, 6) is -1.13. The Kier molecular flexibility index (Phi) is 4.57. The lowest BCUT2D eigenvalue weighted by atomic mass is 10.0. The topological polar surface area (TPSA) is 97.1 Å². The van der Waals surface area contributed by atoms with Crippen LogP contribution in [0.15, 0.2) is 6.07 Å². The summed E-state index contributed by atoms with van der Waals surface area (Å²) >= 11 is 0. The number of hydrogen-bond donors (Lipinski definition) is 1. The number of methoxy groups -OCH3 is 4. The maximum absolute atomic E-state index is 11.7. The number of ether oxygens (including phenoxy) is 4. The third-order valence-electron chi connectivity index (χ3n) is 2.50. The Morgan fingerprint density at radius 1 is 1.00 bits per heavy atom. The van der Waals surface area contributed by atoms with Crippen LogP contribution in [0.25, 0.3) is 0 Å². The van der Waals surface area contributed by atoms with E-state index in [-0.39, 0.29) is 28.3 Å². The smallest absolute Gasteiger partial charge is 0.340 e. The summed E-state index contributed by atoms with van der Waals surface area (Å²) in [5, 5.41) is 0. The predicted molar refractivity (Wildman–Crippen MR) is 66.6 cm³/mol. The van der Waals surface area contributed by atoms with Gasteiger partial charge in [0.05, 0.1) is 39.7 Å². The summed E-state index contributed by atoms with van der Waals surface area (Å²) < 4.78 is 19.3. The molecule has 0 bridgehead atoms. The Morgan fingerprint density at radius 3 is 2.00 bits per heavy atom. The molecular weight excluding hydrogens is 254 g/mol. The third-order valence-corrected chi connectivity index (χ3v) is 2.50. The van der Waals surface area contributed by atoms with Gasteiger partial charge >= 0.3 is 11.9 Å². The zero-order chi connectivity index (χ0) is 14.6. The van der Waals surface area contributed by atoms with Gasteiger partial charge in [-0.15, -0.1) is 0 Å². The maximum atomic E-state index is 11.7. The molecule has 0 atom stereocenters. The van der Waals surface area contributed by atoms with E-state index in [1.165, 1.54) is 34.5 Å². The molecule has 104 valence electrons. The summed E-state index contributed by atoms with van der Waals surface area (Å²) in [6, 6.07) is 1.31. The molecule has 0 saturated carbocycles. The first-order valence-corrected chi connectivity index (χ1v) is 5.22. The van der Waals surface area contributed by atoms with E-state index in [4.69, 9.17) is 15.2 Å². The Balaban J connectivity index is 3.65. The third kappa shape index (κ3) is 2.54. The van der Waals surface area contributed by atoms with Gasteiger partial charge < -0.3 is 24.7 Å². The Labute approximate surface area is 110 Å². The van der Waals surface area contributed by atoms with Crippen LogP contribution >= 0.6 is 0 Å². The van der Waals surface area contributed by atoms with Crippen LogP contribution in [0.5, 0.6) is 11.5 Å². The molecule has 0 radical (unpaired) electrons. The molecule has 2 N–H and O–H groups in total. The van der Waals surface area contributed by atoms with Crippen LogP contribution in [0.3, 0.4) is 0 Å². The molecule has 0 unspecified atom stereocenters. The van der Waals surface area contributed by atoms with Crippen LogP contribution in [0.2, 0.25) is 0 Å². The molecule has 7 nitrogen and oxygen atoms in total. The molecule has 1 aromatic rings. The van der Waals surface area contributed by atoms with Crippen LogP contribution in [0.4, 0.5) is 5.69 Å². The Hall–Kier alpha value is -2.44. The van der Waals surface area contributed by atoms with E-state index in [1.807, 2.05) is 0 Å². The average molecular weight is 269 g/mol. The lowest BCUT2D eigenvalue weighted by molar-refractivity contribution is 0.0555. The minimum atomic E-state index is -0.765. The molecule has 0 aliphatic carbocycles. The molecule has 1 aromatic carbocycles. The molecule has 0 amide bonds. The molecule has 0 aromatic heterocycles. The highest BCUT2D eigenvalue weighted by Crippen LogP contribution is 2.38. The van der Waals surface area contributed by atoms with E-state index in [0.29, 0.717) is 0 Å². The van der Waals surface area contributed by atoms with Gasteiger partial charge in [-0.05, 0) is 6.07 Å². The second-order valence-electron chi connectivity index (χ2n) is 3.43. The van der Waals surface area contributed by atoms with Gasteiger partial charge in [-0.3, -0.25) is 0 Å². The number of carbonyl (C=O) groups excluding carboxylic acids is 2. The molecular formula is C12H15NO6. The quantitative estimate of drug-likeness (QED) is 0.639. The van der Waals surface area contributed by atoms with Crippen molar-refractivity contribution in [3.8, 4) is 11.5 Å². The van der Waals surface area contributed by atoms with Gasteiger partial charge in [0, 0.05) is 0 Å². The SMILES string of the molecule is COC(=O)c1cc(OC)c(OC)c(N)c1C(=O)OC. The van der Waals surface area contributed by atoms with Crippen LogP contribution in [0.1, 0.15) is 20.7 Å². The monoisotopic (exact) mass is 269 g/mol. The predicted octanol–water partition coefficient (Wildman–Crippen LogP) is 0.859. The van der Waals surface area contributed by atoms with E-state index < -0.39 is 11.9 Å². The molecule has 0 spiro atoms. The number of anilines is 1. The number of nitrogen functional groups attached to an aromatic ring is 1. The van der Waals surface area contributed by atoms with Crippen molar-refractivity contribution >= 4 is 17.6 Å². The highest BCUT2D eigenvalue weighted by molar-refractivity contribution is 6.08. The maximum Gasteiger partial charge on any atom is 0.340 e. The summed E-state index contributed by atoms with van der Waals surface area (Å²) in [5.41, 5.74) is 5.61. The second-order valence-corrected chi connectivity index (χ2v) is 3.43. The molecule has 0 aliphatic heterocycles. The summed E-state index contributed by atoms with van der Waals surface area (Å²) in [6.45, 7) is 0. The summed E-state index contributed by atoms with van der Waals surface area (Å²) in [7, 11) is 5.12.